The first kappa shape index (κ1) is 15.2. The molecule has 0 amide bonds. The number of Topliss-reactive ketones (excluding diaryl/α,β-unsaturated/α-hetero) is 3. The van der Waals surface area contributed by atoms with Gasteiger partial charge in [0.1, 0.15) is 0 Å². The van der Waals surface area contributed by atoms with Crippen LogP contribution >= 0.6 is 0 Å². The van der Waals surface area contributed by atoms with Gasteiger partial charge in [0, 0.05) is 22.3 Å². The van der Waals surface area contributed by atoms with E-state index in [-0.39, 0.29) is 22.7 Å². The highest BCUT2D eigenvalue weighted by Gasteiger charge is 2.34. The molecule has 0 aromatic heterocycles. The van der Waals surface area contributed by atoms with Crippen molar-refractivity contribution in [3.05, 3.63) is 94.6 Å². The number of fused-ring (bicyclic) bond motifs is 2. The maximum Gasteiger partial charge on any atom is 0.198 e. The Labute approximate surface area is 144 Å². The lowest BCUT2D eigenvalue weighted by molar-refractivity contribution is 0.0928. The Morgan fingerprint density at radius 3 is 2.08 bits per heavy atom. The third-order valence-corrected chi connectivity index (χ3v) is 4.62. The van der Waals surface area contributed by atoms with E-state index in [9.17, 15) is 14.4 Å². The van der Waals surface area contributed by atoms with Crippen molar-refractivity contribution in [1.29, 1.82) is 0 Å². The van der Waals surface area contributed by atoms with Crippen molar-refractivity contribution in [2.24, 2.45) is 0 Å². The fourth-order valence-corrected chi connectivity index (χ4v) is 3.33. The molecule has 1 aliphatic rings. The highest BCUT2D eigenvalue weighted by molar-refractivity contribution is 6.40. The third-order valence-electron chi connectivity index (χ3n) is 4.62. The summed E-state index contributed by atoms with van der Waals surface area (Å²) in [5.41, 5.74) is 1.27. The number of allylic oxidation sites excluding steroid dienone is 2. The Morgan fingerprint density at radius 2 is 1.32 bits per heavy atom. The Bertz CT molecular complexity index is 1100. The average Bonchev–Trinajstić information content (AvgIpc) is 2.66. The maximum atomic E-state index is 13.2. The van der Waals surface area contributed by atoms with E-state index < -0.39 is 5.78 Å². The molecular weight excluding hydrogens is 312 g/mol. The first-order valence-corrected chi connectivity index (χ1v) is 8.01. The first-order chi connectivity index (χ1) is 12.1. The minimum atomic E-state index is -0.401. The summed E-state index contributed by atoms with van der Waals surface area (Å²) in [6.07, 6.45) is 0. The number of carbonyl (C=O) groups is 3. The van der Waals surface area contributed by atoms with E-state index in [2.05, 4.69) is 0 Å². The molecule has 0 radical (unpaired) electrons. The minimum absolute atomic E-state index is 0.0277. The predicted molar refractivity (Wildman–Crippen MR) is 96.1 cm³/mol. The molecular formula is C22H14O3. The van der Waals surface area contributed by atoms with Crippen molar-refractivity contribution in [2.45, 2.75) is 6.92 Å². The van der Waals surface area contributed by atoms with Crippen LogP contribution in [0.4, 0.5) is 0 Å². The van der Waals surface area contributed by atoms with Crippen LogP contribution in [0.25, 0.3) is 10.8 Å². The average molecular weight is 326 g/mol. The SMILES string of the molecule is CC1=C(C(=O)c2cccc3ccccc23)C(=O)c2ccccc2C1=O. The summed E-state index contributed by atoms with van der Waals surface area (Å²) in [6, 6.07) is 19.5. The normalized spacial score (nSPS) is 14.0. The molecule has 0 N–H and O–H groups in total. The molecule has 0 fully saturated rings. The predicted octanol–water partition coefficient (Wildman–Crippen LogP) is 4.42. The highest BCUT2D eigenvalue weighted by atomic mass is 16.2. The summed E-state index contributed by atoms with van der Waals surface area (Å²) in [5, 5.41) is 1.69. The zero-order chi connectivity index (χ0) is 17.6. The van der Waals surface area contributed by atoms with Gasteiger partial charge in [0.15, 0.2) is 17.3 Å². The quantitative estimate of drug-likeness (QED) is 0.517. The van der Waals surface area contributed by atoms with E-state index >= 15 is 0 Å². The van der Waals surface area contributed by atoms with Crippen LogP contribution in [-0.2, 0) is 0 Å². The molecule has 0 atom stereocenters. The van der Waals surface area contributed by atoms with Crippen molar-refractivity contribution >= 4 is 28.1 Å². The second-order valence-corrected chi connectivity index (χ2v) is 6.06. The van der Waals surface area contributed by atoms with E-state index in [0.717, 1.165) is 10.8 Å². The topological polar surface area (TPSA) is 51.2 Å². The summed E-state index contributed by atoms with van der Waals surface area (Å²) in [5.74, 6) is -1.05. The first-order valence-electron chi connectivity index (χ1n) is 8.01. The van der Waals surface area contributed by atoms with Gasteiger partial charge in [-0.05, 0) is 17.7 Å². The van der Waals surface area contributed by atoms with Gasteiger partial charge in [-0.2, -0.15) is 0 Å². The van der Waals surface area contributed by atoms with Gasteiger partial charge in [0.25, 0.3) is 0 Å². The van der Waals surface area contributed by atoms with Gasteiger partial charge in [0.2, 0.25) is 0 Å². The summed E-state index contributed by atoms with van der Waals surface area (Å²) in [6.45, 7) is 1.55. The van der Waals surface area contributed by atoms with Gasteiger partial charge in [-0.25, -0.2) is 0 Å². The Morgan fingerprint density at radius 1 is 0.720 bits per heavy atom. The van der Waals surface area contributed by atoms with Crippen LogP contribution in [0.2, 0.25) is 0 Å². The number of hydrogen-bond donors (Lipinski definition) is 0. The Balaban J connectivity index is 1.92. The molecule has 0 bridgehead atoms. The molecule has 3 aromatic rings. The fraction of sp³-hybridized carbons (Fsp3) is 0.0455. The largest absolute Gasteiger partial charge is 0.289 e. The molecule has 4 rings (SSSR count). The van der Waals surface area contributed by atoms with Gasteiger partial charge >= 0.3 is 0 Å². The number of hydrogen-bond acceptors (Lipinski definition) is 3. The van der Waals surface area contributed by atoms with Gasteiger partial charge < -0.3 is 0 Å². The number of benzene rings is 3. The fourth-order valence-electron chi connectivity index (χ4n) is 3.33. The van der Waals surface area contributed by atoms with Gasteiger partial charge in [-0.1, -0.05) is 66.7 Å². The zero-order valence-electron chi connectivity index (χ0n) is 13.6. The van der Waals surface area contributed by atoms with Crippen LogP contribution in [-0.4, -0.2) is 17.3 Å². The van der Waals surface area contributed by atoms with Crippen LogP contribution < -0.4 is 0 Å². The van der Waals surface area contributed by atoms with Gasteiger partial charge in [-0.15, -0.1) is 0 Å². The van der Waals surface area contributed by atoms with Crippen LogP contribution in [0.15, 0.2) is 77.9 Å². The molecule has 0 saturated carbocycles. The molecule has 25 heavy (non-hydrogen) atoms. The number of carbonyl (C=O) groups excluding carboxylic acids is 3. The number of ketones is 3. The lowest BCUT2D eigenvalue weighted by atomic mass is 9.81. The summed E-state index contributed by atoms with van der Waals surface area (Å²) in [4.78, 5) is 38.7. The molecule has 1 aliphatic carbocycles. The van der Waals surface area contributed by atoms with E-state index in [1.807, 2.05) is 30.3 Å². The second-order valence-electron chi connectivity index (χ2n) is 6.06. The van der Waals surface area contributed by atoms with Crippen molar-refractivity contribution in [1.82, 2.24) is 0 Å². The van der Waals surface area contributed by atoms with Crippen LogP contribution in [0.3, 0.4) is 0 Å². The van der Waals surface area contributed by atoms with Crippen molar-refractivity contribution in [3.63, 3.8) is 0 Å². The molecule has 120 valence electrons. The molecule has 3 nitrogen and oxygen atoms in total. The van der Waals surface area contributed by atoms with Gasteiger partial charge in [-0.3, -0.25) is 14.4 Å². The van der Waals surface area contributed by atoms with E-state index in [0.29, 0.717) is 16.7 Å². The van der Waals surface area contributed by atoms with E-state index in [4.69, 9.17) is 0 Å². The molecule has 3 heteroatoms. The van der Waals surface area contributed by atoms with E-state index in [1.54, 1.807) is 43.3 Å². The van der Waals surface area contributed by atoms with E-state index in [1.165, 1.54) is 0 Å². The summed E-state index contributed by atoms with van der Waals surface area (Å²) in [7, 11) is 0. The smallest absolute Gasteiger partial charge is 0.198 e. The minimum Gasteiger partial charge on any atom is -0.289 e. The standard InChI is InChI=1S/C22H14O3/c1-13-19(22(25)18-11-5-4-10-17(18)20(13)23)21(24)16-12-6-8-14-7-2-3-9-15(14)16/h2-12H,1H3. The maximum absolute atomic E-state index is 13.2. The molecule has 3 aromatic carbocycles. The monoisotopic (exact) mass is 326 g/mol. The third kappa shape index (κ3) is 2.24. The highest BCUT2D eigenvalue weighted by Crippen LogP contribution is 2.30. The van der Waals surface area contributed by atoms with Crippen LogP contribution in [0.5, 0.6) is 0 Å². The molecule has 0 saturated heterocycles. The Kier molecular flexibility index (Phi) is 3.43. The zero-order valence-corrected chi connectivity index (χ0v) is 13.6. The van der Waals surface area contributed by atoms with Crippen LogP contribution in [0, 0.1) is 0 Å². The number of rotatable bonds is 2. The molecule has 0 heterocycles. The second kappa shape index (κ2) is 5.64. The molecule has 0 unspecified atom stereocenters. The van der Waals surface area contributed by atoms with Crippen molar-refractivity contribution in [2.75, 3.05) is 0 Å². The lowest BCUT2D eigenvalue weighted by Gasteiger charge is -2.18. The summed E-state index contributed by atoms with van der Waals surface area (Å²) < 4.78 is 0. The van der Waals surface area contributed by atoms with Crippen molar-refractivity contribution < 1.29 is 14.4 Å². The Hall–Kier alpha value is -3.33. The lowest BCUT2D eigenvalue weighted by Crippen LogP contribution is -2.25. The van der Waals surface area contributed by atoms with Crippen LogP contribution in [0.1, 0.15) is 38.0 Å². The van der Waals surface area contributed by atoms with Gasteiger partial charge in [0.05, 0.1) is 5.57 Å². The molecule has 0 aliphatic heterocycles. The molecule has 0 spiro atoms. The summed E-state index contributed by atoms with van der Waals surface area (Å²) >= 11 is 0. The van der Waals surface area contributed by atoms with Crippen molar-refractivity contribution in [3.8, 4) is 0 Å².